The van der Waals surface area contributed by atoms with Gasteiger partial charge in [-0.25, -0.2) is 19.6 Å². The minimum Gasteiger partial charge on any atom is -0.453 e. The minimum absolute atomic E-state index is 0.228. The number of carbonyl (C=O) groups is 4. The Morgan fingerprint density at radius 2 is 1.38 bits per heavy atom. The third-order valence-electron chi connectivity index (χ3n) is 11.9. The van der Waals surface area contributed by atoms with E-state index < -0.39 is 44.6 Å². The van der Waals surface area contributed by atoms with Crippen LogP contribution in [-0.4, -0.2) is 127 Å². The molecule has 4 heterocycles. The quantitative estimate of drug-likeness (QED) is 0.107. The van der Waals surface area contributed by atoms with E-state index in [-0.39, 0.29) is 23.9 Å². The van der Waals surface area contributed by atoms with Crippen LogP contribution in [0.15, 0.2) is 60.8 Å². The third-order valence-corrected chi connectivity index (χ3v) is 14.6. The van der Waals surface area contributed by atoms with Crippen LogP contribution in [0.5, 0.6) is 0 Å². The number of imidazole rings is 2. The van der Waals surface area contributed by atoms with Crippen molar-refractivity contribution in [3.63, 3.8) is 0 Å². The highest BCUT2D eigenvalue weighted by atomic mass is 28.3. The molecule has 2 aliphatic rings. The van der Waals surface area contributed by atoms with Gasteiger partial charge in [0.15, 0.2) is 0 Å². The van der Waals surface area contributed by atoms with Crippen molar-refractivity contribution in [3.05, 3.63) is 72.4 Å². The molecule has 0 aliphatic carbocycles. The lowest BCUT2D eigenvalue weighted by atomic mass is 9.99. The molecule has 17 heteroatoms. The van der Waals surface area contributed by atoms with Crippen LogP contribution in [0.4, 0.5) is 9.59 Å². The number of aromatic amines is 2. The van der Waals surface area contributed by atoms with Crippen LogP contribution in [-0.2, 0) is 28.5 Å². The average Bonchev–Trinajstić information content (AvgIpc) is 4.09. The zero-order valence-corrected chi connectivity index (χ0v) is 36.3. The molecule has 0 bridgehead atoms. The summed E-state index contributed by atoms with van der Waals surface area (Å²) in [6.45, 7) is 8.53. The first-order valence-corrected chi connectivity index (χ1v) is 23.6. The molecule has 318 valence electrons. The minimum atomic E-state index is -1.81. The van der Waals surface area contributed by atoms with E-state index in [1.165, 1.54) is 28.4 Å². The number of amides is 4. The van der Waals surface area contributed by atoms with Crippen LogP contribution in [0.3, 0.4) is 0 Å². The van der Waals surface area contributed by atoms with E-state index in [4.69, 9.17) is 28.9 Å². The van der Waals surface area contributed by atoms with Gasteiger partial charge in [0.2, 0.25) is 11.8 Å². The molecule has 2 aromatic heterocycles. The Balaban J connectivity index is 1.09. The molecule has 5 aromatic rings. The molecular weight excluding hydrogens is 785 g/mol. The third kappa shape index (κ3) is 8.46. The number of likely N-dealkylation sites (tertiary alicyclic amines) is 1. The van der Waals surface area contributed by atoms with Gasteiger partial charge in [0.25, 0.3) is 0 Å². The van der Waals surface area contributed by atoms with E-state index in [2.05, 4.69) is 82.2 Å². The second-order valence-corrected chi connectivity index (χ2v) is 21.5. The summed E-state index contributed by atoms with van der Waals surface area (Å²) in [7, 11) is 3.73. The van der Waals surface area contributed by atoms with Gasteiger partial charge in [-0.05, 0) is 66.9 Å². The number of ether oxygens (including phenoxy) is 4. The Kier molecular flexibility index (Phi) is 12.3. The fourth-order valence-corrected chi connectivity index (χ4v) is 11.4. The largest absolute Gasteiger partial charge is 0.453 e. The van der Waals surface area contributed by atoms with Gasteiger partial charge in [-0.3, -0.25) is 9.59 Å². The Hall–Kier alpha value is -5.78. The van der Waals surface area contributed by atoms with E-state index in [9.17, 15) is 19.2 Å². The molecule has 0 saturated carbocycles. The summed E-state index contributed by atoms with van der Waals surface area (Å²) in [6.07, 6.45) is 1.46. The molecule has 3 unspecified atom stereocenters. The van der Waals surface area contributed by atoms with E-state index in [1.807, 2.05) is 11.0 Å². The lowest BCUT2D eigenvalue weighted by Gasteiger charge is -2.31. The number of fused-ring (bicyclic) bond motifs is 3. The highest BCUT2D eigenvalue weighted by molar-refractivity contribution is 6.78. The maximum atomic E-state index is 14.0. The van der Waals surface area contributed by atoms with E-state index in [0.717, 1.165) is 63.1 Å². The van der Waals surface area contributed by atoms with Crippen LogP contribution in [0.25, 0.3) is 44.2 Å². The standard InChI is InChI=1S/C43H54N8O8Si/c1-24(56-3)35(48-42(54)58-5)40(52)50-19-9-10-33(50)39-45-31-18-16-29-20-28(15-17-30(29)37(31)47-39)26-11-13-27(14-12-26)32-21-44-38(46-32)34-22-60(7,8)23-51(34)41(53)36(25(2)57-4)49-43(55)59-6/h11-18,20-21,24-25,33-36H,9-10,19,22-23H2,1-8H3,(H,44,46)(H,45,47)(H,48,54)(H,49,55)/t24?,25-,33+,34+,35?,36?/m0/s1. The van der Waals surface area contributed by atoms with Crippen LogP contribution in [0.2, 0.25) is 19.1 Å². The number of hydrogen-bond donors (Lipinski definition) is 4. The smallest absolute Gasteiger partial charge is 0.407 e. The molecule has 2 fully saturated rings. The number of nitrogens with one attached hydrogen (secondary N) is 4. The van der Waals surface area contributed by atoms with Crippen LogP contribution in [0.1, 0.15) is 50.4 Å². The van der Waals surface area contributed by atoms with Crippen LogP contribution in [0, 0.1) is 0 Å². The Bertz CT molecular complexity index is 2380. The molecule has 6 atom stereocenters. The number of benzene rings is 3. The van der Waals surface area contributed by atoms with Crippen LogP contribution >= 0.6 is 0 Å². The average molecular weight is 839 g/mol. The molecule has 60 heavy (non-hydrogen) atoms. The molecule has 3 aromatic carbocycles. The second-order valence-electron chi connectivity index (χ2n) is 16.4. The Morgan fingerprint density at radius 1 is 0.767 bits per heavy atom. The number of hydrogen-bond acceptors (Lipinski definition) is 10. The van der Waals surface area contributed by atoms with Crippen molar-refractivity contribution in [2.45, 2.75) is 82.2 Å². The van der Waals surface area contributed by atoms with Gasteiger partial charge in [0, 0.05) is 32.3 Å². The summed E-state index contributed by atoms with van der Waals surface area (Å²) in [6, 6.07) is 17.1. The molecule has 0 spiro atoms. The van der Waals surface area contributed by atoms with Crippen molar-refractivity contribution in [1.82, 2.24) is 40.4 Å². The highest BCUT2D eigenvalue weighted by Gasteiger charge is 2.46. The summed E-state index contributed by atoms with van der Waals surface area (Å²) in [5.74, 6) is 0.929. The van der Waals surface area contributed by atoms with Crippen molar-refractivity contribution < 1.29 is 38.1 Å². The van der Waals surface area contributed by atoms with Gasteiger partial charge in [-0.15, -0.1) is 0 Å². The number of alkyl carbamates (subject to hydrolysis) is 2. The molecule has 4 amide bonds. The highest BCUT2D eigenvalue weighted by Crippen LogP contribution is 2.39. The van der Waals surface area contributed by atoms with Gasteiger partial charge >= 0.3 is 12.2 Å². The first kappa shape index (κ1) is 42.3. The molecule has 0 radical (unpaired) electrons. The van der Waals surface area contributed by atoms with Gasteiger partial charge in [-0.2, -0.15) is 0 Å². The fraction of sp³-hybridized carbons (Fsp3) is 0.442. The lowest BCUT2D eigenvalue weighted by Crippen LogP contribution is -2.54. The van der Waals surface area contributed by atoms with E-state index in [0.29, 0.717) is 24.4 Å². The summed E-state index contributed by atoms with van der Waals surface area (Å²) >= 11 is 0. The van der Waals surface area contributed by atoms with Gasteiger partial charge in [-0.1, -0.05) is 55.6 Å². The predicted octanol–water partition coefficient (Wildman–Crippen LogP) is 6.09. The van der Waals surface area contributed by atoms with Gasteiger partial charge < -0.3 is 49.3 Å². The monoisotopic (exact) mass is 838 g/mol. The first-order chi connectivity index (χ1) is 28.7. The van der Waals surface area contributed by atoms with Crippen LogP contribution < -0.4 is 10.6 Å². The summed E-state index contributed by atoms with van der Waals surface area (Å²) in [5, 5.41) is 7.32. The molecule has 16 nitrogen and oxygen atoms in total. The van der Waals surface area contributed by atoms with E-state index in [1.54, 1.807) is 24.9 Å². The number of methoxy groups -OCH3 is 4. The van der Waals surface area contributed by atoms with Crippen molar-refractivity contribution in [1.29, 1.82) is 0 Å². The zero-order valence-electron chi connectivity index (χ0n) is 35.3. The van der Waals surface area contributed by atoms with Gasteiger partial charge in [0.05, 0.1) is 69.5 Å². The zero-order chi connectivity index (χ0) is 42.9. The SMILES string of the molecule is COC(=O)NC(C(=O)N1CCC[C@@H]1c1nc2c(ccc3cc(-c4ccc(-c5cnc([C@H]6C[Si](C)(C)CN6C(=O)C(NC(=O)OC)[C@H](C)OC)[nH]5)cc4)ccc32)[nH]1)C(C)OC. The Labute approximate surface area is 349 Å². The normalized spacial score (nSPS) is 19.5. The number of rotatable bonds is 12. The Morgan fingerprint density at radius 3 is 2.02 bits per heavy atom. The van der Waals surface area contributed by atoms with Crippen molar-refractivity contribution >= 4 is 53.9 Å². The topological polar surface area (TPSA) is 193 Å². The summed E-state index contributed by atoms with van der Waals surface area (Å²) in [5.41, 5.74) is 5.58. The van der Waals surface area contributed by atoms with Crippen molar-refractivity contribution in [2.75, 3.05) is 41.2 Å². The maximum absolute atomic E-state index is 14.0. The van der Waals surface area contributed by atoms with Crippen molar-refractivity contribution in [3.8, 4) is 22.4 Å². The number of carbonyl (C=O) groups excluding carboxylic acids is 4. The van der Waals surface area contributed by atoms with Gasteiger partial charge in [0.1, 0.15) is 23.7 Å². The number of aromatic nitrogens is 4. The molecular formula is C43H54N8O8Si. The molecule has 2 saturated heterocycles. The fourth-order valence-electron chi connectivity index (χ4n) is 8.47. The summed E-state index contributed by atoms with van der Waals surface area (Å²) in [4.78, 5) is 72.4. The summed E-state index contributed by atoms with van der Waals surface area (Å²) < 4.78 is 20.5. The first-order valence-electron chi connectivity index (χ1n) is 20.2. The maximum Gasteiger partial charge on any atom is 0.407 e. The molecule has 4 N–H and O–H groups in total. The second kappa shape index (κ2) is 17.4. The predicted molar refractivity (Wildman–Crippen MR) is 229 cm³/mol. The molecule has 2 aliphatic heterocycles. The lowest BCUT2D eigenvalue weighted by molar-refractivity contribution is -0.138. The number of H-pyrrole nitrogens is 2. The van der Waals surface area contributed by atoms with E-state index >= 15 is 0 Å². The number of nitrogens with zero attached hydrogens (tertiary/aromatic N) is 4. The molecule has 7 rings (SSSR count). The van der Waals surface area contributed by atoms with Crippen molar-refractivity contribution in [2.24, 2.45) is 0 Å².